The Morgan fingerprint density at radius 2 is 1.89 bits per heavy atom. The number of hydrogen-bond donors (Lipinski definition) is 1. The molecule has 0 spiro atoms. The first-order chi connectivity index (χ1) is 13.5. The van der Waals surface area contributed by atoms with Crippen LogP contribution in [0, 0.1) is 6.92 Å². The van der Waals surface area contributed by atoms with Crippen LogP contribution >= 0.6 is 23.4 Å². The number of hydrogen-bond acceptors (Lipinski definition) is 5. The minimum atomic E-state index is -0.713. The number of esters is 1. The first kappa shape index (κ1) is 22.1. The number of carbonyl (C=O) groups is 2. The molecule has 150 valence electrons. The number of carbonyl (C=O) groups excluding carboxylic acids is 2. The molecule has 7 heteroatoms. The van der Waals surface area contributed by atoms with E-state index in [1.54, 1.807) is 36.0 Å². The van der Waals surface area contributed by atoms with Gasteiger partial charge in [0.25, 0.3) is 5.91 Å². The second-order valence-electron chi connectivity index (χ2n) is 6.15. The van der Waals surface area contributed by atoms with Crippen LogP contribution in [0.15, 0.2) is 48.5 Å². The molecule has 0 aliphatic rings. The Hall–Kier alpha value is -2.18. The summed E-state index contributed by atoms with van der Waals surface area (Å²) in [5.41, 5.74) is 1.53. The van der Waals surface area contributed by atoms with Crippen molar-refractivity contribution in [2.75, 3.05) is 25.2 Å². The molecule has 0 unspecified atom stereocenters. The number of amides is 1. The molecule has 0 heterocycles. The van der Waals surface area contributed by atoms with Crippen molar-refractivity contribution in [1.82, 2.24) is 5.32 Å². The van der Waals surface area contributed by atoms with Gasteiger partial charge in [-0.05, 0) is 67.3 Å². The van der Waals surface area contributed by atoms with E-state index >= 15 is 0 Å². The maximum Gasteiger partial charge on any atom is 0.328 e. The summed E-state index contributed by atoms with van der Waals surface area (Å²) in [5, 5.41) is 3.29. The van der Waals surface area contributed by atoms with Crippen molar-refractivity contribution in [3.05, 3.63) is 64.7 Å². The van der Waals surface area contributed by atoms with Crippen molar-refractivity contribution in [2.45, 2.75) is 19.4 Å². The Morgan fingerprint density at radius 3 is 2.57 bits per heavy atom. The van der Waals surface area contributed by atoms with Gasteiger partial charge in [0.1, 0.15) is 25.0 Å². The Kier molecular flexibility index (Phi) is 9.17. The largest absolute Gasteiger partial charge is 0.490 e. The average molecular weight is 422 g/mol. The van der Waals surface area contributed by atoms with Crippen molar-refractivity contribution in [3.8, 4) is 5.75 Å². The van der Waals surface area contributed by atoms with Crippen molar-refractivity contribution in [1.29, 1.82) is 0 Å². The van der Waals surface area contributed by atoms with Gasteiger partial charge in [-0.15, -0.1) is 0 Å². The quantitative estimate of drug-likeness (QED) is 0.461. The minimum Gasteiger partial charge on any atom is -0.490 e. The second-order valence-corrected chi connectivity index (χ2v) is 7.57. The van der Waals surface area contributed by atoms with Crippen LogP contribution in [0.25, 0.3) is 0 Å². The fourth-order valence-electron chi connectivity index (χ4n) is 2.43. The third-order valence-electron chi connectivity index (χ3n) is 3.89. The number of thioether (sulfide) groups is 1. The molecule has 5 nitrogen and oxygen atoms in total. The maximum absolute atomic E-state index is 12.4. The van der Waals surface area contributed by atoms with E-state index < -0.39 is 12.0 Å². The first-order valence-corrected chi connectivity index (χ1v) is 10.7. The SMILES string of the molecule is CSCC[C@@H](NC(=O)c1ccc(Cl)cc1)C(=O)OCCOc1cccc(C)c1. The molecule has 0 saturated heterocycles. The maximum atomic E-state index is 12.4. The fraction of sp³-hybridized carbons (Fsp3) is 0.333. The van der Waals surface area contributed by atoms with Gasteiger partial charge in [-0.2, -0.15) is 11.8 Å². The average Bonchev–Trinajstić information content (AvgIpc) is 2.68. The molecule has 2 aromatic carbocycles. The van der Waals surface area contributed by atoms with Gasteiger partial charge in [-0.1, -0.05) is 23.7 Å². The number of aryl methyl sites for hydroxylation is 1. The van der Waals surface area contributed by atoms with Crippen LogP contribution in [0.3, 0.4) is 0 Å². The van der Waals surface area contributed by atoms with E-state index in [4.69, 9.17) is 21.1 Å². The van der Waals surface area contributed by atoms with E-state index in [0.29, 0.717) is 17.0 Å². The lowest BCUT2D eigenvalue weighted by atomic mass is 10.1. The number of halogens is 1. The van der Waals surface area contributed by atoms with Crippen LogP contribution in [-0.4, -0.2) is 43.1 Å². The van der Waals surface area contributed by atoms with Crippen molar-refractivity contribution >= 4 is 35.2 Å². The Bertz CT molecular complexity index is 782. The molecule has 0 fully saturated rings. The van der Waals surface area contributed by atoms with Gasteiger partial charge in [0.15, 0.2) is 0 Å². The molecule has 0 aromatic heterocycles. The predicted molar refractivity (Wildman–Crippen MR) is 113 cm³/mol. The van der Waals surface area contributed by atoms with Gasteiger partial charge < -0.3 is 14.8 Å². The third kappa shape index (κ3) is 7.44. The number of ether oxygens (including phenoxy) is 2. The van der Waals surface area contributed by atoms with E-state index in [9.17, 15) is 9.59 Å². The normalized spacial score (nSPS) is 11.5. The second kappa shape index (κ2) is 11.6. The summed E-state index contributed by atoms with van der Waals surface area (Å²) in [6, 6.07) is 13.4. The summed E-state index contributed by atoms with van der Waals surface area (Å²) < 4.78 is 10.9. The zero-order valence-electron chi connectivity index (χ0n) is 15.9. The van der Waals surface area contributed by atoms with Crippen LogP contribution in [0.1, 0.15) is 22.3 Å². The molecule has 1 amide bonds. The summed E-state index contributed by atoms with van der Waals surface area (Å²) in [4.78, 5) is 24.8. The van der Waals surface area contributed by atoms with Gasteiger partial charge in [0.05, 0.1) is 0 Å². The van der Waals surface area contributed by atoms with Gasteiger partial charge in [-0.3, -0.25) is 4.79 Å². The predicted octanol–water partition coefficient (Wildman–Crippen LogP) is 4.12. The summed E-state index contributed by atoms with van der Waals surface area (Å²) in [6.07, 6.45) is 2.43. The van der Waals surface area contributed by atoms with E-state index in [1.807, 2.05) is 37.4 Å². The van der Waals surface area contributed by atoms with E-state index in [2.05, 4.69) is 5.32 Å². The van der Waals surface area contributed by atoms with Gasteiger partial charge in [0.2, 0.25) is 0 Å². The highest BCUT2D eigenvalue weighted by molar-refractivity contribution is 7.98. The van der Waals surface area contributed by atoms with Crippen LogP contribution in [0.2, 0.25) is 5.02 Å². The van der Waals surface area contributed by atoms with Gasteiger partial charge in [0, 0.05) is 10.6 Å². The fourth-order valence-corrected chi connectivity index (χ4v) is 3.03. The number of benzene rings is 2. The molecule has 2 aromatic rings. The lowest BCUT2D eigenvalue weighted by Gasteiger charge is -2.17. The summed E-state index contributed by atoms with van der Waals surface area (Å²) in [7, 11) is 0. The third-order valence-corrected chi connectivity index (χ3v) is 4.79. The molecular formula is C21H24ClNO4S. The van der Waals surface area contributed by atoms with Crippen molar-refractivity contribution in [2.24, 2.45) is 0 Å². The zero-order chi connectivity index (χ0) is 20.4. The van der Waals surface area contributed by atoms with Crippen LogP contribution in [-0.2, 0) is 9.53 Å². The Morgan fingerprint density at radius 1 is 1.14 bits per heavy atom. The molecule has 0 radical (unpaired) electrons. The number of rotatable bonds is 10. The van der Waals surface area contributed by atoms with Crippen LogP contribution in [0.5, 0.6) is 5.75 Å². The molecule has 1 N–H and O–H groups in total. The smallest absolute Gasteiger partial charge is 0.328 e. The Labute approximate surface area is 174 Å². The summed E-state index contributed by atoms with van der Waals surface area (Å²) in [6.45, 7) is 2.33. The van der Waals surface area contributed by atoms with E-state index in [0.717, 1.165) is 17.1 Å². The topological polar surface area (TPSA) is 64.6 Å². The molecule has 0 aliphatic heterocycles. The van der Waals surface area contributed by atoms with Crippen LogP contribution < -0.4 is 10.1 Å². The van der Waals surface area contributed by atoms with Crippen LogP contribution in [0.4, 0.5) is 0 Å². The molecule has 0 aliphatic carbocycles. The summed E-state index contributed by atoms with van der Waals surface area (Å²) >= 11 is 7.44. The molecule has 2 rings (SSSR count). The Balaban J connectivity index is 1.85. The lowest BCUT2D eigenvalue weighted by molar-refractivity contribution is -0.146. The highest BCUT2D eigenvalue weighted by Crippen LogP contribution is 2.13. The monoisotopic (exact) mass is 421 g/mol. The highest BCUT2D eigenvalue weighted by Gasteiger charge is 2.22. The van der Waals surface area contributed by atoms with Crippen molar-refractivity contribution in [3.63, 3.8) is 0 Å². The summed E-state index contributed by atoms with van der Waals surface area (Å²) in [5.74, 6) is 0.645. The van der Waals surface area contributed by atoms with E-state index in [1.165, 1.54) is 0 Å². The zero-order valence-corrected chi connectivity index (χ0v) is 17.5. The molecular weight excluding hydrogens is 398 g/mol. The van der Waals surface area contributed by atoms with E-state index in [-0.39, 0.29) is 19.1 Å². The van der Waals surface area contributed by atoms with Crippen molar-refractivity contribution < 1.29 is 19.1 Å². The lowest BCUT2D eigenvalue weighted by Crippen LogP contribution is -2.42. The minimum absolute atomic E-state index is 0.110. The molecule has 0 saturated carbocycles. The first-order valence-electron chi connectivity index (χ1n) is 8.91. The van der Waals surface area contributed by atoms with Gasteiger partial charge >= 0.3 is 5.97 Å². The highest BCUT2D eigenvalue weighted by atomic mass is 35.5. The standard InChI is InChI=1S/C21H24ClNO4S/c1-15-4-3-5-18(14-15)26-11-12-27-21(25)19(10-13-28-2)23-20(24)16-6-8-17(22)9-7-16/h3-9,14,19H,10-13H2,1-2H3,(H,23,24)/t19-/m1/s1. The molecule has 1 atom stereocenters. The van der Waals surface area contributed by atoms with Gasteiger partial charge in [-0.25, -0.2) is 4.79 Å². The number of nitrogens with one attached hydrogen (secondary N) is 1. The molecule has 0 bridgehead atoms. The molecule has 28 heavy (non-hydrogen) atoms.